The summed E-state index contributed by atoms with van der Waals surface area (Å²) in [7, 11) is 1.69. The standard InChI is InChI=1S/C11H20N2O4/c1-17-9-4-2-3-8(9)7-13-11(16)12-6-5-10(14)15/h8-9H,2-7H2,1H3,(H,14,15)(H2,12,13,16). The number of ether oxygens (including phenoxy) is 1. The molecule has 0 bridgehead atoms. The average molecular weight is 244 g/mol. The van der Waals surface area contributed by atoms with Crippen LogP contribution in [0.2, 0.25) is 0 Å². The van der Waals surface area contributed by atoms with Gasteiger partial charge in [0.05, 0.1) is 12.5 Å². The average Bonchev–Trinajstić information content (AvgIpc) is 2.73. The van der Waals surface area contributed by atoms with Gasteiger partial charge in [-0.25, -0.2) is 4.79 Å². The minimum Gasteiger partial charge on any atom is -0.481 e. The number of nitrogens with one attached hydrogen (secondary N) is 2. The van der Waals surface area contributed by atoms with E-state index in [-0.39, 0.29) is 25.1 Å². The maximum absolute atomic E-state index is 11.3. The first-order chi connectivity index (χ1) is 8.13. The van der Waals surface area contributed by atoms with Gasteiger partial charge in [0.2, 0.25) is 0 Å². The molecule has 0 spiro atoms. The maximum Gasteiger partial charge on any atom is 0.314 e. The van der Waals surface area contributed by atoms with E-state index in [1.165, 1.54) is 0 Å². The molecule has 1 rings (SSSR count). The molecule has 0 aromatic heterocycles. The molecule has 1 fully saturated rings. The van der Waals surface area contributed by atoms with E-state index in [4.69, 9.17) is 9.84 Å². The van der Waals surface area contributed by atoms with Crippen molar-refractivity contribution in [1.29, 1.82) is 0 Å². The first kappa shape index (κ1) is 13.8. The van der Waals surface area contributed by atoms with Crippen LogP contribution in [0.1, 0.15) is 25.7 Å². The Bertz CT molecular complexity index is 270. The van der Waals surface area contributed by atoms with E-state index in [0.717, 1.165) is 19.3 Å². The second kappa shape index (κ2) is 7.11. The molecule has 17 heavy (non-hydrogen) atoms. The van der Waals surface area contributed by atoms with Crippen molar-refractivity contribution in [1.82, 2.24) is 10.6 Å². The largest absolute Gasteiger partial charge is 0.481 e. The Balaban J connectivity index is 2.12. The van der Waals surface area contributed by atoms with Crippen molar-refractivity contribution in [2.75, 3.05) is 20.2 Å². The van der Waals surface area contributed by atoms with E-state index in [9.17, 15) is 9.59 Å². The van der Waals surface area contributed by atoms with Gasteiger partial charge in [0.15, 0.2) is 0 Å². The summed E-state index contributed by atoms with van der Waals surface area (Å²) in [6.07, 6.45) is 3.41. The van der Waals surface area contributed by atoms with Gasteiger partial charge in [-0.2, -0.15) is 0 Å². The summed E-state index contributed by atoms with van der Waals surface area (Å²) in [5.74, 6) is -0.550. The SMILES string of the molecule is COC1CCCC1CNC(=O)NCCC(=O)O. The summed E-state index contributed by atoms with van der Waals surface area (Å²) in [5, 5.41) is 13.6. The molecule has 0 saturated heterocycles. The molecule has 0 aromatic rings. The molecule has 0 aromatic carbocycles. The number of carboxylic acid groups (broad SMARTS) is 1. The molecule has 98 valence electrons. The van der Waals surface area contributed by atoms with E-state index in [1.54, 1.807) is 7.11 Å². The summed E-state index contributed by atoms with van der Waals surface area (Å²) in [6.45, 7) is 0.733. The van der Waals surface area contributed by atoms with Crippen molar-refractivity contribution in [2.45, 2.75) is 31.8 Å². The van der Waals surface area contributed by atoms with Gasteiger partial charge in [-0.3, -0.25) is 4.79 Å². The highest BCUT2D eigenvalue weighted by Gasteiger charge is 2.27. The number of carbonyl (C=O) groups excluding carboxylic acids is 1. The van der Waals surface area contributed by atoms with Crippen molar-refractivity contribution in [3.05, 3.63) is 0 Å². The third-order valence-corrected chi connectivity index (χ3v) is 3.04. The molecule has 2 amide bonds. The lowest BCUT2D eigenvalue weighted by Crippen LogP contribution is -2.40. The van der Waals surface area contributed by atoms with E-state index < -0.39 is 5.97 Å². The van der Waals surface area contributed by atoms with E-state index >= 15 is 0 Å². The van der Waals surface area contributed by atoms with E-state index in [2.05, 4.69) is 10.6 Å². The zero-order valence-electron chi connectivity index (χ0n) is 10.1. The summed E-state index contributed by atoms with van der Waals surface area (Å²) in [5.41, 5.74) is 0. The normalized spacial score (nSPS) is 23.4. The predicted octanol–water partition coefficient (Wildman–Crippen LogP) is 0.575. The van der Waals surface area contributed by atoms with Crippen LogP contribution in [0.15, 0.2) is 0 Å². The third kappa shape index (κ3) is 5.04. The molecular formula is C11H20N2O4. The number of amides is 2. The van der Waals surface area contributed by atoms with Crippen LogP contribution in [0.3, 0.4) is 0 Å². The quantitative estimate of drug-likeness (QED) is 0.637. The van der Waals surface area contributed by atoms with Crippen LogP contribution >= 0.6 is 0 Å². The highest BCUT2D eigenvalue weighted by Crippen LogP contribution is 2.26. The van der Waals surface area contributed by atoms with Crippen molar-refractivity contribution < 1.29 is 19.4 Å². The summed E-state index contributed by atoms with van der Waals surface area (Å²) in [6, 6.07) is -0.312. The molecule has 3 N–H and O–H groups in total. The Kier molecular flexibility index (Phi) is 5.76. The number of hydrogen-bond donors (Lipinski definition) is 3. The van der Waals surface area contributed by atoms with Gasteiger partial charge in [0.1, 0.15) is 0 Å². The molecule has 2 unspecified atom stereocenters. The second-order valence-electron chi connectivity index (χ2n) is 4.25. The monoisotopic (exact) mass is 244 g/mol. The minimum absolute atomic E-state index is 0.0580. The Morgan fingerprint density at radius 2 is 2.12 bits per heavy atom. The fourth-order valence-electron chi connectivity index (χ4n) is 2.12. The second-order valence-corrected chi connectivity index (χ2v) is 4.25. The molecule has 0 aliphatic heterocycles. The lowest BCUT2D eigenvalue weighted by atomic mass is 10.1. The highest BCUT2D eigenvalue weighted by molar-refractivity contribution is 5.74. The number of carboxylic acids is 1. The third-order valence-electron chi connectivity index (χ3n) is 3.04. The molecule has 1 aliphatic carbocycles. The molecule has 6 heteroatoms. The smallest absolute Gasteiger partial charge is 0.314 e. The summed E-state index contributed by atoms with van der Waals surface area (Å²) >= 11 is 0. The van der Waals surface area contributed by atoms with E-state index in [1.807, 2.05) is 0 Å². The van der Waals surface area contributed by atoms with Crippen molar-refractivity contribution in [3.63, 3.8) is 0 Å². The van der Waals surface area contributed by atoms with Crippen LogP contribution < -0.4 is 10.6 Å². The van der Waals surface area contributed by atoms with Crippen LogP contribution in [0.25, 0.3) is 0 Å². The van der Waals surface area contributed by atoms with Crippen LogP contribution in [0, 0.1) is 5.92 Å². The molecule has 1 aliphatic rings. The Hall–Kier alpha value is -1.30. The molecule has 1 saturated carbocycles. The zero-order chi connectivity index (χ0) is 12.7. The molecule has 0 heterocycles. The number of aliphatic carboxylic acids is 1. The number of rotatable bonds is 6. The van der Waals surface area contributed by atoms with Crippen LogP contribution in [0.4, 0.5) is 4.79 Å². The van der Waals surface area contributed by atoms with Crippen LogP contribution in [-0.2, 0) is 9.53 Å². The minimum atomic E-state index is -0.916. The lowest BCUT2D eigenvalue weighted by Gasteiger charge is -2.18. The van der Waals surface area contributed by atoms with Crippen molar-refractivity contribution >= 4 is 12.0 Å². The molecule has 6 nitrogen and oxygen atoms in total. The fourth-order valence-corrected chi connectivity index (χ4v) is 2.12. The molecule has 0 radical (unpaired) electrons. The molecular weight excluding hydrogens is 224 g/mol. The van der Waals surface area contributed by atoms with Crippen molar-refractivity contribution in [2.24, 2.45) is 5.92 Å². The van der Waals surface area contributed by atoms with Crippen LogP contribution in [-0.4, -0.2) is 43.4 Å². The topological polar surface area (TPSA) is 87.7 Å². The number of urea groups is 1. The van der Waals surface area contributed by atoms with Gasteiger partial charge < -0.3 is 20.5 Å². The summed E-state index contributed by atoms with van der Waals surface area (Å²) < 4.78 is 5.32. The number of carbonyl (C=O) groups is 2. The lowest BCUT2D eigenvalue weighted by molar-refractivity contribution is -0.136. The predicted molar refractivity (Wildman–Crippen MR) is 61.8 cm³/mol. The van der Waals surface area contributed by atoms with Gasteiger partial charge in [0, 0.05) is 26.1 Å². The van der Waals surface area contributed by atoms with Crippen molar-refractivity contribution in [3.8, 4) is 0 Å². The van der Waals surface area contributed by atoms with Gasteiger partial charge >= 0.3 is 12.0 Å². The first-order valence-electron chi connectivity index (χ1n) is 5.89. The molecule has 2 atom stereocenters. The first-order valence-corrected chi connectivity index (χ1v) is 5.89. The van der Waals surface area contributed by atoms with E-state index in [0.29, 0.717) is 12.5 Å². The van der Waals surface area contributed by atoms with Gasteiger partial charge in [-0.15, -0.1) is 0 Å². The van der Waals surface area contributed by atoms with Crippen LogP contribution in [0.5, 0.6) is 0 Å². The highest BCUT2D eigenvalue weighted by atomic mass is 16.5. The fraction of sp³-hybridized carbons (Fsp3) is 0.818. The summed E-state index contributed by atoms with van der Waals surface area (Å²) in [4.78, 5) is 21.6. The zero-order valence-corrected chi connectivity index (χ0v) is 10.1. The van der Waals surface area contributed by atoms with Gasteiger partial charge in [-0.1, -0.05) is 6.42 Å². The number of hydrogen-bond acceptors (Lipinski definition) is 3. The number of methoxy groups -OCH3 is 1. The van der Waals surface area contributed by atoms with Gasteiger partial charge in [0.25, 0.3) is 0 Å². The maximum atomic E-state index is 11.3. The Morgan fingerprint density at radius 1 is 1.35 bits per heavy atom. The Morgan fingerprint density at radius 3 is 2.76 bits per heavy atom. The van der Waals surface area contributed by atoms with Gasteiger partial charge in [-0.05, 0) is 12.8 Å². The Labute approximate surface area is 101 Å².